The third kappa shape index (κ3) is 8.23. The molecular formula is C24H40O4S. The quantitative estimate of drug-likeness (QED) is 0.167. The Morgan fingerprint density at radius 3 is 2.10 bits per heavy atom. The Morgan fingerprint density at radius 1 is 0.966 bits per heavy atom. The number of sulfone groups is 1. The minimum atomic E-state index is -3.42. The molecule has 0 spiro atoms. The fraction of sp³-hybridized carbons (Fsp3) is 0.667. The van der Waals surface area contributed by atoms with Crippen molar-refractivity contribution in [1.29, 1.82) is 0 Å². The lowest BCUT2D eigenvalue weighted by molar-refractivity contribution is -0.127. The predicted octanol–water partition coefficient (Wildman–Crippen LogP) is 6.32. The lowest BCUT2D eigenvalue weighted by Crippen LogP contribution is -2.36. The van der Waals surface area contributed by atoms with Crippen LogP contribution in [-0.4, -0.2) is 32.7 Å². The van der Waals surface area contributed by atoms with Gasteiger partial charge >= 0.3 is 0 Å². The van der Waals surface area contributed by atoms with Gasteiger partial charge in [-0.3, -0.25) is 0 Å². The number of unbranched alkanes of at least 4 members (excludes halogenated alkanes) is 6. The number of benzene rings is 1. The Balaban J connectivity index is 2.31. The maximum atomic E-state index is 13.2. The van der Waals surface area contributed by atoms with E-state index in [2.05, 4.69) is 6.58 Å². The first kappa shape index (κ1) is 25.9. The molecule has 0 fully saturated rings. The van der Waals surface area contributed by atoms with E-state index < -0.39 is 14.6 Å². The summed E-state index contributed by atoms with van der Waals surface area (Å²) in [5.41, 5.74) is 0. The standard InChI is InChI=1S/C24H40O4S/c1-5-24(6-2,29(25,26)23-18-14-13-15-19-23)20-16-11-9-8-10-12-17-21-28-22(4)27-7-3/h5,13-15,18-19,22H,1,6-12,16-17,20-21H2,2-4H3. The highest BCUT2D eigenvalue weighted by Gasteiger charge is 2.39. The van der Waals surface area contributed by atoms with Crippen molar-refractivity contribution in [1.82, 2.24) is 0 Å². The molecule has 0 aliphatic heterocycles. The van der Waals surface area contributed by atoms with E-state index in [0.717, 1.165) is 38.7 Å². The normalized spacial score (nSPS) is 15.0. The van der Waals surface area contributed by atoms with Crippen LogP contribution >= 0.6 is 0 Å². The van der Waals surface area contributed by atoms with Gasteiger partial charge in [-0.25, -0.2) is 8.42 Å². The third-order valence-corrected chi connectivity index (χ3v) is 8.18. The molecule has 29 heavy (non-hydrogen) atoms. The molecule has 5 heteroatoms. The average molecular weight is 425 g/mol. The van der Waals surface area contributed by atoms with Crippen LogP contribution < -0.4 is 0 Å². The van der Waals surface area contributed by atoms with E-state index in [-0.39, 0.29) is 6.29 Å². The van der Waals surface area contributed by atoms with E-state index in [0.29, 0.717) is 24.3 Å². The van der Waals surface area contributed by atoms with E-state index in [1.54, 1.807) is 30.3 Å². The second-order valence-corrected chi connectivity index (χ2v) is 9.85. The zero-order valence-electron chi connectivity index (χ0n) is 18.6. The molecule has 1 rings (SSSR count). The summed E-state index contributed by atoms with van der Waals surface area (Å²) >= 11 is 0. The zero-order valence-corrected chi connectivity index (χ0v) is 19.4. The number of rotatable bonds is 17. The van der Waals surface area contributed by atoms with E-state index in [9.17, 15) is 8.42 Å². The molecule has 0 aromatic heterocycles. The summed E-state index contributed by atoms with van der Waals surface area (Å²) in [7, 11) is -3.42. The Kier molecular flexibility index (Phi) is 12.4. The van der Waals surface area contributed by atoms with Crippen molar-refractivity contribution < 1.29 is 17.9 Å². The lowest BCUT2D eigenvalue weighted by atomic mass is 9.97. The second-order valence-electron chi connectivity index (χ2n) is 7.56. The molecule has 0 N–H and O–H groups in total. The summed E-state index contributed by atoms with van der Waals surface area (Å²) < 4.78 is 36.4. The fourth-order valence-electron chi connectivity index (χ4n) is 3.63. The summed E-state index contributed by atoms with van der Waals surface area (Å²) in [6.07, 6.45) is 10.4. The van der Waals surface area contributed by atoms with Crippen LogP contribution in [0.3, 0.4) is 0 Å². The molecular weight excluding hydrogens is 384 g/mol. The maximum Gasteiger partial charge on any atom is 0.187 e. The molecule has 2 atom stereocenters. The second kappa shape index (κ2) is 13.9. The molecule has 1 aromatic carbocycles. The van der Waals surface area contributed by atoms with Gasteiger partial charge in [0.05, 0.1) is 9.64 Å². The highest BCUT2D eigenvalue weighted by Crippen LogP contribution is 2.35. The molecule has 2 unspecified atom stereocenters. The number of ether oxygens (including phenoxy) is 2. The average Bonchev–Trinajstić information content (AvgIpc) is 2.73. The molecule has 0 saturated carbocycles. The first-order chi connectivity index (χ1) is 13.9. The monoisotopic (exact) mass is 424 g/mol. The SMILES string of the molecule is C=CC(CC)(CCCCCCCCCOC(C)OCC)S(=O)(=O)c1ccccc1. The molecule has 0 aliphatic rings. The topological polar surface area (TPSA) is 52.6 Å². The zero-order chi connectivity index (χ0) is 21.6. The van der Waals surface area contributed by atoms with Crippen LogP contribution in [0.25, 0.3) is 0 Å². The molecule has 0 heterocycles. The van der Waals surface area contributed by atoms with Gasteiger partial charge in [-0.2, -0.15) is 0 Å². The van der Waals surface area contributed by atoms with Gasteiger partial charge in [0.1, 0.15) is 0 Å². The van der Waals surface area contributed by atoms with Crippen molar-refractivity contribution in [3.05, 3.63) is 43.0 Å². The van der Waals surface area contributed by atoms with Gasteiger partial charge in [-0.15, -0.1) is 6.58 Å². The van der Waals surface area contributed by atoms with Gasteiger partial charge in [0.2, 0.25) is 0 Å². The summed E-state index contributed by atoms with van der Waals surface area (Å²) in [5.74, 6) is 0. The maximum absolute atomic E-state index is 13.2. The largest absolute Gasteiger partial charge is 0.353 e. The van der Waals surface area contributed by atoms with Crippen molar-refractivity contribution in [2.45, 2.75) is 94.5 Å². The molecule has 0 bridgehead atoms. The van der Waals surface area contributed by atoms with E-state index in [4.69, 9.17) is 9.47 Å². The first-order valence-corrected chi connectivity index (χ1v) is 12.6. The van der Waals surface area contributed by atoms with Gasteiger partial charge in [0.25, 0.3) is 0 Å². The van der Waals surface area contributed by atoms with Crippen LogP contribution in [0, 0.1) is 0 Å². The minimum Gasteiger partial charge on any atom is -0.353 e. The molecule has 1 aromatic rings. The highest BCUT2D eigenvalue weighted by molar-refractivity contribution is 7.93. The third-order valence-electron chi connectivity index (χ3n) is 5.56. The smallest absolute Gasteiger partial charge is 0.187 e. The van der Waals surface area contributed by atoms with Gasteiger partial charge in [0.15, 0.2) is 16.1 Å². The minimum absolute atomic E-state index is 0.115. The van der Waals surface area contributed by atoms with Crippen LogP contribution in [0.1, 0.15) is 78.6 Å². The highest BCUT2D eigenvalue weighted by atomic mass is 32.2. The Labute approximate surface area is 178 Å². The van der Waals surface area contributed by atoms with E-state index in [1.807, 2.05) is 26.8 Å². The van der Waals surface area contributed by atoms with E-state index in [1.165, 1.54) is 12.8 Å². The van der Waals surface area contributed by atoms with Crippen molar-refractivity contribution in [3.63, 3.8) is 0 Å². The van der Waals surface area contributed by atoms with Crippen molar-refractivity contribution in [2.75, 3.05) is 13.2 Å². The number of hydrogen-bond acceptors (Lipinski definition) is 4. The number of hydrogen-bond donors (Lipinski definition) is 0. The van der Waals surface area contributed by atoms with Gasteiger partial charge in [0, 0.05) is 13.2 Å². The van der Waals surface area contributed by atoms with Crippen LogP contribution in [0.5, 0.6) is 0 Å². The van der Waals surface area contributed by atoms with E-state index >= 15 is 0 Å². The van der Waals surface area contributed by atoms with Crippen molar-refractivity contribution in [2.24, 2.45) is 0 Å². The summed E-state index contributed by atoms with van der Waals surface area (Å²) in [6.45, 7) is 11.1. The Hall–Kier alpha value is -1.17. The summed E-state index contributed by atoms with van der Waals surface area (Å²) in [5, 5.41) is 0. The van der Waals surface area contributed by atoms with Gasteiger partial charge in [-0.05, 0) is 45.2 Å². The Morgan fingerprint density at radius 2 is 1.55 bits per heavy atom. The van der Waals surface area contributed by atoms with Gasteiger partial charge < -0.3 is 9.47 Å². The van der Waals surface area contributed by atoms with Crippen molar-refractivity contribution >= 4 is 9.84 Å². The van der Waals surface area contributed by atoms with Crippen LogP contribution in [0.4, 0.5) is 0 Å². The summed E-state index contributed by atoms with van der Waals surface area (Å²) in [4.78, 5) is 0.391. The van der Waals surface area contributed by atoms with Crippen LogP contribution in [0.2, 0.25) is 0 Å². The first-order valence-electron chi connectivity index (χ1n) is 11.1. The van der Waals surface area contributed by atoms with Crippen molar-refractivity contribution in [3.8, 4) is 0 Å². The fourth-order valence-corrected chi connectivity index (χ4v) is 5.63. The Bertz CT molecular complexity index is 657. The summed E-state index contributed by atoms with van der Waals surface area (Å²) in [6, 6.07) is 8.76. The molecule has 0 aliphatic carbocycles. The molecule has 0 saturated heterocycles. The molecule has 4 nitrogen and oxygen atoms in total. The van der Waals surface area contributed by atoms with Gasteiger partial charge in [-0.1, -0.05) is 69.7 Å². The molecule has 166 valence electrons. The van der Waals surface area contributed by atoms with Crippen LogP contribution in [-0.2, 0) is 19.3 Å². The lowest BCUT2D eigenvalue weighted by Gasteiger charge is -2.29. The predicted molar refractivity (Wildman–Crippen MR) is 121 cm³/mol. The van der Waals surface area contributed by atoms with Crippen LogP contribution in [0.15, 0.2) is 47.9 Å². The molecule has 0 amide bonds. The molecule has 0 radical (unpaired) electrons.